The van der Waals surface area contributed by atoms with Gasteiger partial charge in [0.2, 0.25) is 0 Å². The van der Waals surface area contributed by atoms with E-state index in [1.807, 2.05) is 0 Å². The SMILES string of the molecule is CCCCCCCCCCN(CCCCCCCCCC)[P+](N(CCCCCCCCCC)CCCCCCCCCC)(N(CCCCCCCCCC)CCCCCCCCCC)N(CCCCCCCCCC)CCCCCCCCCC.[Br-]. The van der Waals surface area contributed by atoms with E-state index in [0.717, 1.165) is 0 Å². The van der Waals surface area contributed by atoms with Crippen LogP contribution < -0.4 is 17.0 Å². The highest BCUT2D eigenvalue weighted by Crippen LogP contribution is 2.71. The highest BCUT2D eigenvalue weighted by Gasteiger charge is 2.60. The molecule has 0 radical (unpaired) electrons. The molecule has 0 rings (SSSR count). The van der Waals surface area contributed by atoms with Gasteiger partial charge < -0.3 is 17.0 Å². The van der Waals surface area contributed by atoms with Crippen molar-refractivity contribution >= 4 is 7.87 Å². The lowest BCUT2D eigenvalue weighted by Gasteiger charge is -2.52. The maximum absolute atomic E-state index is 3.46. The smallest absolute Gasteiger partial charge is 0.308 e. The second kappa shape index (κ2) is 74.8. The van der Waals surface area contributed by atoms with Crippen molar-refractivity contribution in [2.75, 3.05) is 52.4 Å². The number of hydrogen-bond acceptors (Lipinski definition) is 4. The Hall–Kier alpha value is 0.750. The van der Waals surface area contributed by atoms with Gasteiger partial charge in [0.15, 0.2) is 0 Å². The van der Waals surface area contributed by atoms with Crippen molar-refractivity contribution < 1.29 is 17.0 Å². The predicted octanol–water partition coefficient (Wildman–Crippen LogP) is 26.0. The molecule has 0 aliphatic carbocycles. The van der Waals surface area contributed by atoms with Crippen molar-refractivity contribution in [3.8, 4) is 0 Å². The first-order valence-electron chi connectivity index (χ1n) is 41.0. The lowest BCUT2D eigenvalue weighted by Crippen LogP contribution is -3.00. The van der Waals surface area contributed by atoms with Crippen LogP contribution in [0, 0.1) is 0 Å². The molecule has 0 aromatic heterocycles. The first-order valence-corrected chi connectivity index (χ1v) is 42.6. The van der Waals surface area contributed by atoms with Crippen LogP contribution in [0.4, 0.5) is 0 Å². The third-order valence-electron chi connectivity index (χ3n) is 19.7. The molecule has 0 bridgehead atoms. The average molecular weight is 1300 g/mol. The standard InChI is InChI=1S/C80H168N4P.BrH/c1-9-17-25-33-41-49-57-65-73-81(74-66-58-50-42-34-26-18-10-2)85(82(75-67-59-51-43-35-27-19-11-3)76-68-60-52-44-36-28-20-12-4,83(77-69-61-53-45-37-29-21-13-5)78-70-62-54-46-38-30-22-14-6)84(79-71-63-55-47-39-31-23-15-7)80-72-64-56-48-40-32-24-16-8;/h9-80H2,1-8H3;1H/q+1;/p-1. The van der Waals surface area contributed by atoms with Gasteiger partial charge in [0.05, 0.1) is 0 Å². The summed E-state index contributed by atoms with van der Waals surface area (Å²) < 4.78 is 13.8. The molecule has 0 aliphatic heterocycles. The van der Waals surface area contributed by atoms with Gasteiger partial charge in [-0.3, -0.25) is 0 Å². The summed E-state index contributed by atoms with van der Waals surface area (Å²) in [6.45, 7) is 29.8. The average Bonchev–Trinajstić information content (AvgIpc) is 3.58. The molecule has 0 fully saturated rings. The zero-order valence-electron chi connectivity index (χ0n) is 61.5. The number of nitrogens with zero attached hydrogens (tertiary/aromatic N) is 4. The van der Waals surface area contributed by atoms with Gasteiger partial charge >= 0.3 is 7.87 Å². The third-order valence-corrected chi connectivity index (χ3v) is 24.3. The van der Waals surface area contributed by atoms with Crippen molar-refractivity contribution in [2.24, 2.45) is 0 Å². The highest BCUT2D eigenvalue weighted by atomic mass is 79.9. The van der Waals surface area contributed by atoms with Crippen molar-refractivity contribution in [3.63, 3.8) is 0 Å². The molecule has 0 saturated heterocycles. The van der Waals surface area contributed by atoms with E-state index in [1.54, 1.807) is 0 Å². The molecular formula is C80H168BrN4P. The van der Waals surface area contributed by atoms with E-state index in [1.165, 1.54) is 463 Å². The lowest BCUT2D eigenvalue weighted by atomic mass is 10.1. The molecule has 0 N–H and O–H groups in total. The minimum absolute atomic E-state index is 0. The van der Waals surface area contributed by atoms with Gasteiger partial charge in [-0.15, -0.1) is 18.7 Å². The van der Waals surface area contributed by atoms with E-state index in [9.17, 15) is 0 Å². The third kappa shape index (κ3) is 54.2. The van der Waals surface area contributed by atoms with Crippen LogP contribution in [-0.4, -0.2) is 71.0 Å². The molecule has 86 heavy (non-hydrogen) atoms. The summed E-state index contributed by atoms with van der Waals surface area (Å²) in [5.74, 6) is 0. The van der Waals surface area contributed by atoms with E-state index >= 15 is 0 Å². The molecule has 0 aromatic carbocycles. The van der Waals surface area contributed by atoms with E-state index in [0.29, 0.717) is 0 Å². The second-order valence-corrected chi connectivity index (χ2v) is 31.5. The number of unbranched alkanes of at least 4 members (excludes halogenated alkanes) is 56. The van der Waals surface area contributed by atoms with Crippen LogP contribution in [0.2, 0.25) is 0 Å². The summed E-state index contributed by atoms with van der Waals surface area (Å²) in [6.07, 6.45) is 91.3. The zero-order valence-corrected chi connectivity index (χ0v) is 64.0. The van der Waals surface area contributed by atoms with Crippen LogP contribution in [0.1, 0.15) is 466 Å². The highest BCUT2D eigenvalue weighted by molar-refractivity contribution is 7.66. The minimum Gasteiger partial charge on any atom is -1.00 e. The fraction of sp³-hybridized carbons (Fsp3) is 1.00. The Morgan fingerprint density at radius 3 is 0.302 bits per heavy atom. The fourth-order valence-corrected chi connectivity index (χ4v) is 19.4. The largest absolute Gasteiger partial charge is 1.00 e. The molecule has 0 aliphatic rings. The molecule has 0 atom stereocenters. The maximum atomic E-state index is 3.46. The van der Waals surface area contributed by atoms with Gasteiger partial charge in [0, 0.05) is 52.4 Å². The maximum Gasteiger partial charge on any atom is 0.308 e. The van der Waals surface area contributed by atoms with Crippen molar-refractivity contribution in [3.05, 3.63) is 0 Å². The fourth-order valence-electron chi connectivity index (χ4n) is 14.0. The van der Waals surface area contributed by atoms with Crippen LogP contribution in [-0.2, 0) is 0 Å². The van der Waals surface area contributed by atoms with Crippen molar-refractivity contribution in [1.82, 2.24) is 18.7 Å². The quantitative estimate of drug-likeness (QED) is 0.0444. The summed E-state index contributed by atoms with van der Waals surface area (Å²) in [6, 6.07) is 0. The summed E-state index contributed by atoms with van der Waals surface area (Å²) in [5.41, 5.74) is 0. The molecule has 0 amide bonds. The molecule has 0 aromatic rings. The van der Waals surface area contributed by atoms with Gasteiger partial charge in [-0.2, -0.15) is 0 Å². The monoisotopic (exact) mass is 1300 g/mol. The Morgan fingerprint density at radius 1 is 0.128 bits per heavy atom. The summed E-state index contributed by atoms with van der Waals surface area (Å²) >= 11 is 0. The van der Waals surface area contributed by atoms with Gasteiger partial charge in [-0.05, 0) is 51.4 Å². The van der Waals surface area contributed by atoms with E-state index < -0.39 is 7.87 Å². The van der Waals surface area contributed by atoms with Crippen molar-refractivity contribution in [2.45, 2.75) is 466 Å². The molecule has 0 unspecified atom stereocenters. The number of hydrogen-bond donors (Lipinski definition) is 0. The Kier molecular flexibility index (Phi) is 77.2. The lowest BCUT2D eigenvalue weighted by molar-refractivity contribution is -0.0000193. The normalized spacial score (nSPS) is 12.1. The van der Waals surface area contributed by atoms with E-state index in [2.05, 4.69) is 74.1 Å². The summed E-state index contributed by atoms with van der Waals surface area (Å²) in [7, 11) is -2.17. The first kappa shape index (κ1) is 88.8. The second-order valence-electron chi connectivity index (χ2n) is 28.2. The molecule has 4 nitrogen and oxygen atoms in total. The van der Waals surface area contributed by atoms with Gasteiger partial charge in [0.25, 0.3) is 0 Å². The Balaban J connectivity index is 0. The first-order chi connectivity index (χ1) is 42.1. The van der Waals surface area contributed by atoms with Gasteiger partial charge in [-0.1, -0.05) is 415 Å². The Labute approximate surface area is 558 Å². The van der Waals surface area contributed by atoms with Crippen LogP contribution in [0.25, 0.3) is 0 Å². The minimum atomic E-state index is -2.17. The van der Waals surface area contributed by atoms with Crippen molar-refractivity contribution in [1.29, 1.82) is 0 Å². The molecule has 0 heterocycles. The molecule has 520 valence electrons. The number of rotatable bonds is 76. The molecule has 0 spiro atoms. The number of halogens is 1. The Bertz CT molecular complexity index is 944. The molecule has 0 saturated carbocycles. The van der Waals surface area contributed by atoms with E-state index in [4.69, 9.17) is 0 Å². The van der Waals surface area contributed by atoms with Crippen LogP contribution in [0.3, 0.4) is 0 Å². The van der Waals surface area contributed by atoms with Gasteiger partial charge in [0.1, 0.15) is 0 Å². The van der Waals surface area contributed by atoms with Crippen LogP contribution in [0.5, 0.6) is 0 Å². The van der Waals surface area contributed by atoms with Crippen LogP contribution >= 0.6 is 7.87 Å². The Morgan fingerprint density at radius 2 is 0.209 bits per heavy atom. The zero-order chi connectivity index (χ0) is 61.7. The van der Waals surface area contributed by atoms with Crippen LogP contribution in [0.15, 0.2) is 0 Å². The summed E-state index contributed by atoms with van der Waals surface area (Å²) in [5, 5.41) is 0. The summed E-state index contributed by atoms with van der Waals surface area (Å²) in [4.78, 5) is 0. The molecule has 6 heteroatoms. The van der Waals surface area contributed by atoms with E-state index in [-0.39, 0.29) is 17.0 Å². The topological polar surface area (TPSA) is 13.0 Å². The van der Waals surface area contributed by atoms with Gasteiger partial charge in [-0.25, -0.2) is 0 Å². The predicted molar refractivity (Wildman–Crippen MR) is 394 cm³/mol. The molecular weight excluding hydrogens is 1130 g/mol.